The van der Waals surface area contributed by atoms with Crippen LogP contribution in [0, 0.1) is 5.92 Å². The molecule has 1 unspecified atom stereocenters. The van der Waals surface area contributed by atoms with Gasteiger partial charge in [-0.2, -0.15) is 13.2 Å². The highest BCUT2D eigenvalue weighted by atomic mass is 35.5. The Bertz CT molecular complexity index is 1010. The third-order valence-electron chi connectivity index (χ3n) is 5.04. The van der Waals surface area contributed by atoms with Crippen molar-refractivity contribution in [1.29, 1.82) is 0 Å². The number of rotatable bonds is 7. The van der Waals surface area contributed by atoms with Gasteiger partial charge in [0, 0.05) is 32.6 Å². The topological polar surface area (TPSA) is 78.5 Å². The maximum atomic E-state index is 12.9. The molecule has 0 saturated carbocycles. The summed E-state index contributed by atoms with van der Waals surface area (Å²) in [7, 11) is 0. The van der Waals surface area contributed by atoms with Crippen molar-refractivity contribution in [2.24, 2.45) is 5.92 Å². The molecule has 1 saturated heterocycles. The molecule has 3 rings (SSSR count). The summed E-state index contributed by atoms with van der Waals surface area (Å²) in [4.78, 5) is 38.1. The summed E-state index contributed by atoms with van der Waals surface area (Å²) in [5.41, 5.74) is -0.113. The van der Waals surface area contributed by atoms with E-state index in [-0.39, 0.29) is 50.3 Å². The van der Waals surface area contributed by atoms with E-state index < -0.39 is 17.7 Å². The van der Waals surface area contributed by atoms with Gasteiger partial charge in [-0.05, 0) is 29.8 Å². The standard InChI is InChI=1S/C22H21ClF3N3O3/c23-18-7-2-1-6-17(18)21(32)28-9-8-27-20(31)15-11-19(30)29(13-15)12-14-4-3-5-16(10-14)22(24,25)26/h1-7,10,15H,8-9,11-13H2,(H,27,31)(H,28,32). The van der Waals surface area contributed by atoms with Crippen LogP contribution in [0.4, 0.5) is 13.2 Å². The van der Waals surface area contributed by atoms with Gasteiger partial charge in [0.15, 0.2) is 0 Å². The number of nitrogens with zero attached hydrogens (tertiary/aromatic N) is 1. The maximum Gasteiger partial charge on any atom is 0.416 e. The molecule has 3 amide bonds. The Kier molecular flexibility index (Phi) is 7.40. The summed E-state index contributed by atoms with van der Waals surface area (Å²) in [6.07, 6.45) is -4.48. The van der Waals surface area contributed by atoms with Crippen molar-refractivity contribution in [3.05, 3.63) is 70.2 Å². The molecule has 1 atom stereocenters. The van der Waals surface area contributed by atoms with Crippen molar-refractivity contribution >= 4 is 29.3 Å². The van der Waals surface area contributed by atoms with Gasteiger partial charge in [-0.25, -0.2) is 0 Å². The monoisotopic (exact) mass is 467 g/mol. The lowest BCUT2D eigenvalue weighted by Gasteiger charge is -2.17. The fourth-order valence-corrected chi connectivity index (χ4v) is 3.64. The van der Waals surface area contributed by atoms with E-state index in [4.69, 9.17) is 11.6 Å². The average molecular weight is 468 g/mol. The second-order valence-electron chi connectivity index (χ2n) is 7.40. The molecule has 2 aromatic rings. The van der Waals surface area contributed by atoms with Crippen LogP contribution in [0.1, 0.15) is 27.9 Å². The number of alkyl halides is 3. The molecular weight excluding hydrogens is 447 g/mol. The zero-order valence-corrected chi connectivity index (χ0v) is 17.7. The number of benzene rings is 2. The Morgan fingerprint density at radius 3 is 2.50 bits per heavy atom. The summed E-state index contributed by atoms with van der Waals surface area (Å²) in [5.74, 6) is -1.62. The van der Waals surface area contributed by atoms with E-state index in [1.165, 1.54) is 17.0 Å². The second kappa shape index (κ2) is 10.0. The van der Waals surface area contributed by atoms with Crippen LogP contribution in [0.25, 0.3) is 0 Å². The molecule has 1 fully saturated rings. The number of halogens is 4. The summed E-state index contributed by atoms with van der Waals surface area (Å²) in [5, 5.41) is 5.63. The molecule has 0 bridgehead atoms. The van der Waals surface area contributed by atoms with Crippen LogP contribution in [0.2, 0.25) is 5.02 Å². The predicted octanol–water partition coefficient (Wildman–Crippen LogP) is 3.25. The number of nitrogens with one attached hydrogen (secondary N) is 2. The highest BCUT2D eigenvalue weighted by Crippen LogP contribution is 2.30. The molecule has 0 radical (unpaired) electrons. The average Bonchev–Trinajstić information content (AvgIpc) is 3.11. The van der Waals surface area contributed by atoms with Crippen LogP contribution < -0.4 is 10.6 Å². The number of hydrogen-bond acceptors (Lipinski definition) is 3. The maximum absolute atomic E-state index is 12.9. The van der Waals surface area contributed by atoms with Crippen molar-refractivity contribution in [3.8, 4) is 0 Å². The van der Waals surface area contributed by atoms with E-state index in [0.717, 1.165) is 12.1 Å². The summed E-state index contributed by atoms with van der Waals surface area (Å²) in [6, 6.07) is 11.3. The molecule has 0 spiro atoms. The van der Waals surface area contributed by atoms with Gasteiger partial charge in [0.05, 0.1) is 22.1 Å². The molecule has 2 N–H and O–H groups in total. The number of carbonyl (C=O) groups is 3. The minimum absolute atomic E-state index is 0.000422. The molecule has 32 heavy (non-hydrogen) atoms. The zero-order valence-electron chi connectivity index (χ0n) is 16.9. The fourth-order valence-electron chi connectivity index (χ4n) is 3.41. The third-order valence-corrected chi connectivity index (χ3v) is 5.37. The smallest absolute Gasteiger partial charge is 0.354 e. The molecule has 1 heterocycles. The molecule has 1 aliphatic rings. The van der Waals surface area contributed by atoms with Gasteiger partial charge in [-0.3, -0.25) is 14.4 Å². The quantitative estimate of drug-likeness (QED) is 0.614. The van der Waals surface area contributed by atoms with Crippen LogP contribution >= 0.6 is 11.6 Å². The first-order chi connectivity index (χ1) is 15.1. The van der Waals surface area contributed by atoms with E-state index in [0.29, 0.717) is 16.1 Å². The van der Waals surface area contributed by atoms with Crippen molar-refractivity contribution in [2.45, 2.75) is 19.1 Å². The number of amides is 3. The molecule has 1 aliphatic heterocycles. The molecule has 2 aromatic carbocycles. The minimum atomic E-state index is -4.46. The zero-order chi connectivity index (χ0) is 23.3. The lowest BCUT2D eigenvalue weighted by atomic mass is 10.1. The lowest BCUT2D eigenvalue weighted by Crippen LogP contribution is -2.38. The third kappa shape index (κ3) is 6.00. The first-order valence-electron chi connectivity index (χ1n) is 9.89. The van der Waals surface area contributed by atoms with Crippen LogP contribution in [0.5, 0.6) is 0 Å². The van der Waals surface area contributed by atoms with Crippen LogP contribution in [0.15, 0.2) is 48.5 Å². The molecule has 170 valence electrons. The second-order valence-corrected chi connectivity index (χ2v) is 7.81. The Morgan fingerprint density at radius 2 is 1.78 bits per heavy atom. The number of likely N-dealkylation sites (tertiary alicyclic amines) is 1. The van der Waals surface area contributed by atoms with Gasteiger partial charge in [0.2, 0.25) is 11.8 Å². The highest BCUT2D eigenvalue weighted by molar-refractivity contribution is 6.33. The largest absolute Gasteiger partial charge is 0.416 e. The van der Waals surface area contributed by atoms with E-state index >= 15 is 0 Å². The Balaban J connectivity index is 1.46. The Morgan fingerprint density at radius 1 is 1.06 bits per heavy atom. The normalized spacial score (nSPS) is 16.2. The fraction of sp³-hybridized carbons (Fsp3) is 0.318. The van der Waals surface area contributed by atoms with Crippen LogP contribution in [0.3, 0.4) is 0 Å². The van der Waals surface area contributed by atoms with Crippen molar-refractivity contribution in [1.82, 2.24) is 15.5 Å². The van der Waals surface area contributed by atoms with Crippen LogP contribution in [-0.4, -0.2) is 42.3 Å². The molecule has 10 heteroatoms. The van der Waals surface area contributed by atoms with E-state index in [1.807, 2.05) is 0 Å². The van der Waals surface area contributed by atoms with Gasteiger partial charge < -0.3 is 15.5 Å². The molecule has 0 aliphatic carbocycles. The highest BCUT2D eigenvalue weighted by Gasteiger charge is 2.35. The minimum Gasteiger partial charge on any atom is -0.354 e. The molecule has 0 aromatic heterocycles. The summed E-state index contributed by atoms with van der Waals surface area (Å²) >= 11 is 5.96. The van der Waals surface area contributed by atoms with E-state index in [1.54, 1.807) is 24.3 Å². The molecular formula is C22H21ClF3N3O3. The number of carbonyl (C=O) groups excluding carboxylic acids is 3. The summed E-state index contributed by atoms with van der Waals surface area (Å²) in [6.45, 7) is 0.449. The SMILES string of the molecule is O=C(NCCNC(=O)C1CC(=O)N(Cc2cccc(C(F)(F)F)c2)C1)c1ccccc1Cl. The van der Waals surface area contributed by atoms with E-state index in [2.05, 4.69) is 10.6 Å². The van der Waals surface area contributed by atoms with Gasteiger partial charge in [0.1, 0.15) is 0 Å². The van der Waals surface area contributed by atoms with Crippen molar-refractivity contribution in [3.63, 3.8) is 0 Å². The lowest BCUT2D eigenvalue weighted by molar-refractivity contribution is -0.137. The van der Waals surface area contributed by atoms with Gasteiger partial charge in [-0.1, -0.05) is 35.9 Å². The van der Waals surface area contributed by atoms with Crippen molar-refractivity contribution in [2.75, 3.05) is 19.6 Å². The van der Waals surface area contributed by atoms with Gasteiger partial charge in [-0.15, -0.1) is 0 Å². The molecule has 6 nitrogen and oxygen atoms in total. The van der Waals surface area contributed by atoms with Gasteiger partial charge >= 0.3 is 6.18 Å². The predicted molar refractivity (Wildman–Crippen MR) is 112 cm³/mol. The Hall–Kier alpha value is -3.07. The Labute approximate surface area is 187 Å². The number of hydrogen-bond donors (Lipinski definition) is 2. The first-order valence-corrected chi connectivity index (χ1v) is 10.3. The van der Waals surface area contributed by atoms with Crippen LogP contribution in [-0.2, 0) is 22.3 Å². The van der Waals surface area contributed by atoms with Gasteiger partial charge in [0.25, 0.3) is 5.91 Å². The van der Waals surface area contributed by atoms with Crippen molar-refractivity contribution < 1.29 is 27.6 Å². The summed E-state index contributed by atoms with van der Waals surface area (Å²) < 4.78 is 38.6. The first kappa shape index (κ1) is 23.6. The van der Waals surface area contributed by atoms with E-state index in [9.17, 15) is 27.6 Å².